The maximum atomic E-state index is 12.2. The van der Waals surface area contributed by atoms with Crippen LogP contribution in [0, 0.1) is 0 Å². The molecule has 10 heteroatoms. The second-order valence-electron chi connectivity index (χ2n) is 6.03. The zero-order valence-corrected chi connectivity index (χ0v) is 15.0. The van der Waals surface area contributed by atoms with Crippen molar-refractivity contribution in [2.45, 2.75) is 13.2 Å². The second kappa shape index (κ2) is 8.91. The van der Waals surface area contributed by atoms with E-state index in [2.05, 4.69) is 15.6 Å². The van der Waals surface area contributed by atoms with Crippen LogP contribution in [0.15, 0.2) is 47.4 Å². The van der Waals surface area contributed by atoms with Gasteiger partial charge < -0.3 is 10.1 Å². The van der Waals surface area contributed by atoms with Gasteiger partial charge in [0, 0.05) is 19.3 Å². The smallest absolute Gasteiger partial charge is 0.413 e. The predicted octanol–water partition coefficient (Wildman–Crippen LogP) is -0.0496. The van der Waals surface area contributed by atoms with Crippen molar-refractivity contribution < 1.29 is 19.1 Å². The fourth-order valence-corrected chi connectivity index (χ4v) is 2.58. The minimum Gasteiger partial charge on any atom is -0.444 e. The SMILES string of the molecule is O=C(Nc1ccn(CC(=O)N2CCNCC2=O)c(=O)n1)OCc1ccccc1. The third kappa shape index (κ3) is 5.01. The van der Waals surface area contributed by atoms with Crippen LogP contribution in [0.4, 0.5) is 10.6 Å². The van der Waals surface area contributed by atoms with Crippen LogP contribution in [-0.4, -0.2) is 52.0 Å². The zero-order valence-electron chi connectivity index (χ0n) is 15.0. The number of hydrogen-bond donors (Lipinski definition) is 2. The van der Waals surface area contributed by atoms with E-state index in [0.717, 1.165) is 15.0 Å². The summed E-state index contributed by atoms with van der Waals surface area (Å²) in [6.45, 7) is 0.630. The summed E-state index contributed by atoms with van der Waals surface area (Å²) in [6.07, 6.45) is 0.572. The van der Waals surface area contributed by atoms with E-state index in [9.17, 15) is 19.2 Å². The number of hydrogen-bond acceptors (Lipinski definition) is 7. The van der Waals surface area contributed by atoms with Gasteiger partial charge in [-0.05, 0) is 11.6 Å². The van der Waals surface area contributed by atoms with Crippen molar-refractivity contribution in [1.29, 1.82) is 0 Å². The second-order valence-corrected chi connectivity index (χ2v) is 6.03. The fourth-order valence-electron chi connectivity index (χ4n) is 2.58. The van der Waals surface area contributed by atoms with Gasteiger partial charge >= 0.3 is 11.8 Å². The lowest BCUT2D eigenvalue weighted by atomic mass is 10.2. The molecule has 10 nitrogen and oxygen atoms in total. The van der Waals surface area contributed by atoms with Gasteiger partial charge in [-0.15, -0.1) is 0 Å². The van der Waals surface area contributed by atoms with Crippen LogP contribution >= 0.6 is 0 Å². The molecule has 28 heavy (non-hydrogen) atoms. The highest BCUT2D eigenvalue weighted by atomic mass is 16.5. The van der Waals surface area contributed by atoms with E-state index in [-0.39, 0.29) is 38.0 Å². The highest BCUT2D eigenvalue weighted by molar-refractivity contribution is 5.96. The van der Waals surface area contributed by atoms with Crippen molar-refractivity contribution in [2.75, 3.05) is 25.0 Å². The Morgan fingerprint density at radius 3 is 2.68 bits per heavy atom. The molecule has 2 aromatic rings. The monoisotopic (exact) mass is 385 g/mol. The summed E-state index contributed by atoms with van der Waals surface area (Å²) >= 11 is 0. The van der Waals surface area contributed by atoms with E-state index in [4.69, 9.17) is 4.74 Å². The minimum absolute atomic E-state index is 0.00464. The van der Waals surface area contributed by atoms with Crippen LogP contribution in [0.5, 0.6) is 0 Å². The fraction of sp³-hybridized carbons (Fsp3) is 0.278. The number of benzene rings is 1. The first-order valence-electron chi connectivity index (χ1n) is 8.62. The molecule has 1 aromatic heterocycles. The number of piperazine rings is 1. The summed E-state index contributed by atoms with van der Waals surface area (Å²) in [6, 6.07) is 10.5. The number of anilines is 1. The van der Waals surface area contributed by atoms with Crippen molar-refractivity contribution in [3.8, 4) is 0 Å². The third-order valence-electron chi connectivity index (χ3n) is 4.01. The molecule has 0 atom stereocenters. The quantitative estimate of drug-likeness (QED) is 0.740. The highest BCUT2D eigenvalue weighted by Crippen LogP contribution is 2.04. The van der Waals surface area contributed by atoms with Crippen LogP contribution in [0.1, 0.15) is 5.56 Å². The molecule has 1 aliphatic heterocycles. The molecule has 0 saturated carbocycles. The van der Waals surface area contributed by atoms with Crippen molar-refractivity contribution in [1.82, 2.24) is 19.8 Å². The molecule has 1 fully saturated rings. The Balaban J connectivity index is 1.56. The zero-order chi connectivity index (χ0) is 19.9. The minimum atomic E-state index is -0.754. The molecule has 3 rings (SSSR count). The van der Waals surface area contributed by atoms with Crippen molar-refractivity contribution in [3.05, 3.63) is 58.6 Å². The molecule has 1 aliphatic rings. The number of ether oxygens (including phenoxy) is 1. The summed E-state index contributed by atoms with van der Waals surface area (Å²) in [7, 11) is 0. The van der Waals surface area contributed by atoms with Crippen LogP contribution in [0.3, 0.4) is 0 Å². The molecule has 2 heterocycles. The first-order chi connectivity index (χ1) is 13.5. The number of carbonyl (C=O) groups excluding carboxylic acids is 3. The number of rotatable bonds is 5. The van der Waals surface area contributed by atoms with Gasteiger partial charge in [0.15, 0.2) is 0 Å². The predicted molar refractivity (Wildman–Crippen MR) is 98.3 cm³/mol. The molecule has 2 N–H and O–H groups in total. The number of aromatic nitrogens is 2. The van der Waals surface area contributed by atoms with Crippen LogP contribution in [0.25, 0.3) is 0 Å². The molecule has 3 amide bonds. The summed E-state index contributed by atoms with van der Waals surface area (Å²) in [5, 5.41) is 5.23. The van der Waals surface area contributed by atoms with E-state index < -0.39 is 17.7 Å². The van der Waals surface area contributed by atoms with E-state index >= 15 is 0 Å². The molecule has 1 aromatic carbocycles. The first kappa shape index (κ1) is 19.2. The van der Waals surface area contributed by atoms with Gasteiger partial charge in [0.05, 0.1) is 6.54 Å². The standard InChI is InChI=1S/C18H19N5O5/c24-15-10-19-7-9-23(15)16(25)11-22-8-6-14(20-17(22)26)21-18(27)28-12-13-4-2-1-3-5-13/h1-6,8,19H,7,9-12H2,(H,20,21,26,27). The number of amides is 3. The number of nitrogens with zero attached hydrogens (tertiary/aromatic N) is 3. The van der Waals surface area contributed by atoms with Crippen molar-refractivity contribution in [3.63, 3.8) is 0 Å². The third-order valence-corrected chi connectivity index (χ3v) is 4.01. The van der Waals surface area contributed by atoms with Gasteiger partial charge in [0.2, 0.25) is 11.8 Å². The molecule has 1 saturated heterocycles. The number of imide groups is 1. The van der Waals surface area contributed by atoms with E-state index in [0.29, 0.717) is 6.54 Å². The molecule has 0 spiro atoms. The van der Waals surface area contributed by atoms with E-state index in [1.807, 2.05) is 30.3 Å². The van der Waals surface area contributed by atoms with Gasteiger partial charge in [0.1, 0.15) is 19.0 Å². The van der Waals surface area contributed by atoms with Gasteiger partial charge in [0.25, 0.3) is 0 Å². The Kier molecular flexibility index (Phi) is 6.12. The lowest BCUT2D eigenvalue weighted by Gasteiger charge is -2.25. The summed E-state index contributed by atoms with van der Waals surface area (Å²) < 4.78 is 6.12. The molecule has 0 bridgehead atoms. The average Bonchev–Trinajstić information content (AvgIpc) is 2.69. The van der Waals surface area contributed by atoms with Crippen molar-refractivity contribution in [2.24, 2.45) is 0 Å². The van der Waals surface area contributed by atoms with Gasteiger partial charge in [-0.1, -0.05) is 30.3 Å². The Hall–Kier alpha value is -3.53. The molecular formula is C18H19N5O5. The maximum absolute atomic E-state index is 12.2. The molecule has 0 unspecified atom stereocenters. The van der Waals surface area contributed by atoms with Crippen molar-refractivity contribution >= 4 is 23.7 Å². The average molecular weight is 385 g/mol. The largest absolute Gasteiger partial charge is 0.444 e. The van der Waals surface area contributed by atoms with E-state index in [1.54, 1.807) is 0 Å². The molecule has 146 valence electrons. The lowest BCUT2D eigenvalue weighted by molar-refractivity contribution is -0.146. The van der Waals surface area contributed by atoms with Gasteiger partial charge in [-0.3, -0.25) is 24.4 Å². The summed E-state index contributed by atoms with van der Waals surface area (Å²) in [5.41, 5.74) is 0.0961. The maximum Gasteiger partial charge on any atom is 0.413 e. The first-order valence-corrected chi connectivity index (χ1v) is 8.62. The topological polar surface area (TPSA) is 123 Å². The lowest BCUT2D eigenvalue weighted by Crippen LogP contribution is -2.52. The Labute approximate surface area is 160 Å². The van der Waals surface area contributed by atoms with Crippen LogP contribution in [0.2, 0.25) is 0 Å². The summed E-state index contributed by atoms with van der Waals surface area (Å²) in [5.74, 6) is -0.819. The highest BCUT2D eigenvalue weighted by Gasteiger charge is 2.24. The van der Waals surface area contributed by atoms with Crippen LogP contribution < -0.4 is 16.3 Å². The van der Waals surface area contributed by atoms with Gasteiger partial charge in [-0.2, -0.15) is 4.98 Å². The number of nitrogens with one attached hydrogen (secondary N) is 2. The molecule has 0 radical (unpaired) electrons. The summed E-state index contributed by atoms with van der Waals surface area (Å²) in [4.78, 5) is 52.7. The van der Waals surface area contributed by atoms with Crippen LogP contribution in [-0.2, 0) is 27.5 Å². The normalized spacial score (nSPS) is 13.9. The molecular weight excluding hydrogens is 366 g/mol. The number of carbonyl (C=O) groups is 3. The Bertz CT molecular complexity index is 927. The molecule has 0 aliphatic carbocycles. The van der Waals surface area contributed by atoms with Gasteiger partial charge in [-0.25, -0.2) is 9.59 Å². The van der Waals surface area contributed by atoms with E-state index in [1.165, 1.54) is 12.3 Å². The Morgan fingerprint density at radius 2 is 1.96 bits per heavy atom. The Morgan fingerprint density at radius 1 is 1.18 bits per heavy atom.